The molecule has 0 spiro atoms. The smallest absolute Gasteiger partial charge is 0.00722 e. The van der Waals surface area contributed by atoms with Crippen LogP contribution in [0.2, 0.25) is 0 Å². The van der Waals surface area contributed by atoms with Gasteiger partial charge in [-0.3, -0.25) is 4.90 Å². The fourth-order valence-electron chi connectivity index (χ4n) is 2.95. The molecule has 0 aliphatic carbocycles. The Morgan fingerprint density at radius 1 is 1.00 bits per heavy atom. The van der Waals surface area contributed by atoms with Crippen LogP contribution in [-0.4, -0.2) is 23.5 Å². The van der Waals surface area contributed by atoms with Gasteiger partial charge < -0.3 is 0 Å². The molecule has 0 amide bonds. The molecular formula is C13H27N. The lowest BCUT2D eigenvalue weighted by Gasteiger charge is -2.41. The Kier molecular flexibility index (Phi) is 4.94. The Bertz CT molecular complexity index is 143. The second kappa shape index (κ2) is 5.75. The third kappa shape index (κ3) is 3.27. The van der Waals surface area contributed by atoms with Crippen LogP contribution in [0.4, 0.5) is 0 Å². The first-order valence-electron chi connectivity index (χ1n) is 6.40. The zero-order valence-corrected chi connectivity index (χ0v) is 10.4. The van der Waals surface area contributed by atoms with E-state index < -0.39 is 0 Å². The lowest BCUT2D eigenvalue weighted by atomic mass is 9.88. The van der Waals surface area contributed by atoms with Crippen molar-refractivity contribution >= 4 is 0 Å². The third-order valence-electron chi connectivity index (χ3n) is 3.64. The first-order chi connectivity index (χ1) is 6.65. The van der Waals surface area contributed by atoms with E-state index in [1.165, 1.54) is 38.6 Å². The molecule has 1 heteroatoms. The van der Waals surface area contributed by atoms with Gasteiger partial charge in [0.15, 0.2) is 0 Å². The second-order valence-electron chi connectivity index (χ2n) is 5.22. The minimum atomic E-state index is 0.811. The molecule has 0 bridgehead atoms. The van der Waals surface area contributed by atoms with Crippen molar-refractivity contribution in [1.82, 2.24) is 4.90 Å². The number of hydrogen-bond donors (Lipinski definition) is 0. The number of piperidine rings is 1. The minimum Gasteiger partial charge on any atom is -0.298 e. The molecular weight excluding hydrogens is 170 g/mol. The molecule has 1 saturated heterocycles. The summed E-state index contributed by atoms with van der Waals surface area (Å²) >= 11 is 0. The molecule has 0 saturated carbocycles. The van der Waals surface area contributed by atoms with Gasteiger partial charge in [0.25, 0.3) is 0 Å². The van der Waals surface area contributed by atoms with Gasteiger partial charge in [0.1, 0.15) is 0 Å². The average Bonchev–Trinajstić information content (AvgIpc) is 2.09. The number of unbranched alkanes of at least 4 members (excludes halogenated alkanes) is 2. The van der Waals surface area contributed by atoms with Crippen LogP contribution in [0, 0.1) is 5.92 Å². The van der Waals surface area contributed by atoms with Crippen LogP contribution in [-0.2, 0) is 0 Å². The summed E-state index contributed by atoms with van der Waals surface area (Å²) < 4.78 is 0. The fourth-order valence-corrected chi connectivity index (χ4v) is 2.95. The zero-order chi connectivity index (χ0) is 10.6. The third-order valence-corrected chi connectivity index (χ3v) is 3.64. The van der Waals surface area contributed by atoms with E-state index in [4.69, 9.17) is 0 Å². The molecule has 14 heavy (non-hydrogen) atoms. The largest absolute Gasteiger partial charge is 0.298 e. The molecule has 0 N–H and O–H groups in total. The van der Waals surface area contributed by atoms with Crippen LogP contribution in [0.1, 0.15) is 59.8 Å². The van der Waals surface area contributed by atoms with Gasteiger partial charge in [-0.25, -0.2) is 0 Å². The summed E-state index contributed by atoms with van der Waals surface area (Å²) in [7, 11) is 0. The summed E-state index contributed by atoms with van der Waals surface area (Å²) in [5.41, 5.74) is 0. The monoisotopic (exact) mass is 197 g/mol. The van der Waals surface area contributed by atoms with Crippen LogP contribution in [0.5, 0.6) is 0 Å². The second-order valence-corrected chi connectivity index (χ2v) is 5.22. The Hall–Kier alpha value is -0.0400. The zero-order valence-electron chi connectivity index (χ0n) is 10.4. The van der Waals surface area contributed by atoms with Gasteiger partial charge in [-0.15, -0.1) is 0 Å². The van der Waals surface area contributed by atoms with Gasteiger partial charge in [0.05, 0.1) is 0 Å². The van der Waals surface area contributed by atoms with E-state index in [-0.39, 0.29) is 0 Å². The number of rotatable bonds is 4. The van der Waals surface area contributed by atoms with E-state index in [2.05, 4.69) is 32.6 Å². The molecule has 0 aromatic carbocycles. The maximum Gasteiger partial charge on any atom is 0.00722 e. The Morgan fingerprint density at radius 3 is 2.07 bits per heavy atom. The first-order valence-corrected chi connectivity index (χ1v) is 6.40. The molecule has 1 aliphatic heterocycles. The summed E-state index contributed by atoms with van der Waals surface area (Å²) in [6.07, 6.45) is 6.92. The molecule has 0 aromatic rings. The van der Waals surface area contributed by atoms with Crippen molar-refractivity contribution < 1.29 is 0 Å². The van der Waals surface area contributed by atoms with Gasteiger partial charge in [-0.05, 0) is 45.6 Å². The predicted octanol–water partition coefficient (Wildman–Crippen LogP) is 3.69. The summed E-state index contributed by atoms with van der Waals surface area (Å²) in [5.74, 6) is 0.933. The van der Waals surface area contributed by atoms with Gasteiger partial charge in [-0.1, -0.05) is 26.7 Å². The Balaban J connectivity index is 2.34. The molecule has 0 aromatic heterocycles. The van der Waals surface area contributed by atoms with Gasteiger partial charge in [-0.2, -0.15) is 0 Å². The molecule has 1 aliphatic rings. The first kappa shape index (κ1) is 12.0. The van der Waals surface area contributed by atoms with E-state index in [1.807, 2.05) is 0 Å². The van der Waals surface area contributed by atoms with Crippen molar-refractivity contribution in [3.05, 3.63) is 0 Å². The van der Waals surface area contributed by atoms with Gasteiger partial charge in [0, 0.05) is 12.1 Å². The predicted molar refractivity (Wildman–Crippen MR) is 63.6 cm³/mol. The van der Waals surface area contributed by atoms with E-state index in [0.29, 0.717) is 0 Å². The Labute approximate surface area is 89.9 Å². The quantitative estimate of drug-likeness (QED) is 0.621. The topological polar surface area (TPSA) is 3.24 Å². The number of likely N-dealkylation sites (tertiary alicyclic amines) is 1. The van der Waals surface area contributed by atoms with Crippen LogP contribution in [0.25, 0.3) is 0 Å². The highest BCUT2D eigenvalue weighted by Gasteiger charge is 2.27. The molecule has 84 valence electrons. The normalized spacial score (nSPS) is 34.7. The maximum atomic E-state index is 2.72. The highest BCUT2D eigenvalue weighted by molar-refractivity contribution is 4.82. The average molecular weight is 197 g/mol. The minimum absolute atomic E-state index is 0.811. The van der Waals surface area contributed by atoms with Crippen molar-refractivity contribution in [2.75, 3.05) is 6.54 Å². The maximum absolute atomic E-state index is 2.72. The Morgan fingerprint density at radius 2 is 1.57 bits per heavy atom. The summed E-state index contributed by atoms with van der Waals surface area (Å²) in [6, 6.07) is 1.62. The lowest BCUT2D eigenvalue weighted by Crippen LogP contribution is -2.46. The van der Waals surface area contributed by atoms with Crippen molar-refractivity contribution in [2.45, 2.75) is 71.9 Å². The SMILES string of the molecule is CCCCCN1C(C)CC(C)CC1C. The molecule has 1 nitrogen and oxygen atoms in total. The van der Waals surface area contributed by atoms with Gasteiger partial charge >= 0.3 is 0 Å². The summed E-state index contributed by atoms with van der Waals surface area (Å²) in [6.45, 7) is 10.8. The molecule has 1 heterocycles. The molecule has 1 fully saturated rings. The lowest BCUT2D eigenvalue weighted by molar-refractivity contribution is 0.0740. The molecule has 2 atom stereocenters. The van der Waals surface area contributed by atoms with Crippen molar-refractivity contribution in [2.24, 2.45) is 5.92 Å². The summed E-state index contributed by atoms with van der Waals surface area (Å²) in [5, 5.41) is 0. The summed E-state index contributed by atoms with van der Waals surface area (Å²) in [4.78, 5) is 2.72. The fraction of sp³-hybridized carbons (Fsp3) is 1.00. The van der Waals surface area contributed by atoms with Crippen molar-refractivity contribution in [1.29, 1.82) is 0 Å². The van der Waals surface area contributed by atoms with Crippen LogP contribution < -0.4 is 0 Å². The molecule has 1 rings (SSSR count). The van der Waals surface area contributed by atoms with Crippen molar-refractivity contribution in [3.63, 3.8) is 0 Å². The van der Waals surface area contributed by atoms with Crippen molar-refractivity contribution in [3.8, 4) is 0 Å². The van der Waals surface area contributed by atoms with E-state index in [1.54, 1.807) is 0 Å². The van der Waals surface area contributed by atoms with Gasteiger partial charge in [0.2, 0.25) is 0 Å². The molecule has 2 unspecified atom stereocenters. The highest BCUT2D eigenvalue weighted by Crippen LogP contribution is 2.27. The van der Waals surface area contributed by atoms with E-state index >= 15 is 0 Å². The standard InChI is InChI=1S/C13H27N/c1-5-6-7-8-14-12(3)9-11(2)10-13(14)4/h11-13H,5-10H2,1-4H3. The van der Waals surface area contributed by atoms with Crippen LogP contribution in [0.15, 0.2) is 0 Å². The van der Waals surface area contributed by atoms with Crippen LogP contribution in [0.3, 0.4) is 0 Å². The van der Waals surface area contributed by atoms with E-state index in [9.17, 15) is 0 Å². The van der Waals surface area contributed by atoms with E-state index in [0.717, 1.165) is 18.0 Å². The van der Waals surface area contributed by atoms with Crippen LogP contribution >= 0.6 is 0 Å². The highest BCUT2D eigenvalue weighted by atomic mass is 15.2. The number of hydrogen-bond acceptors (Lipinski definition) is 1. The number of nitrogens with zero attached hydrogens (tertiary/aromatic N) is 1. The molecule has 0 radical (unpaired) electrons.